The van der Waals surface area contributed by atoms with Crippen LogP contribution in [0.3, 0.4) is 0 Å². The van der Waals surface area contributed by atoms with Gasteiger partial charge in [0.2, 0.25) is 0 Å². The molecule has 3 aliphatic carbocycles. The van der Waals surface area contributed by atoms with Crippen LogP contribution in [0.25, 0.3) is 10.9 Å². The zero-order chi connectivity index (χ0) is 27.0. The first kappa shape index (κ1) is 24.2. The molecule has 1 spiro atoms. The molecule has 5 heterocycles. The van der Waals surface area contributed by atoms with Gasteiger partial charge in [-0.1, -0.05) is 32.0 Å². The molecule has 1 aromatic heterocycles. The fraction of sp³-hybridized carbons (Fsp3) is 0.750. The van der Waals surface area contributed by atoms with Gasteiger partial charge in [-0.15, -0.1) is 0 Å². The van der Waals surface area contributed by atoms with Crippen LogP contribution in [0.2, 0.25) is 0 Å². The van der Waals surface area contributed by atoms with Crippen molar-refractivity contribution in [3.8, 4) is 0 Å². The van der Waals surface area contributed by atoms with Gasteiger partial charge in [-0.2, -0.15) is 0 Å². The molecule has 1 unspecified atom stereocenters. The minimum atomic E-state index is -1.03. The zero-order valence-electron chi connectivity index (χ0n) is 23.9. The van der Waals surface area contributed by atoms with Gasteiger partial charge in [-0.3, -0.25) is 0 Å². The lowest BCUT2D eigenvalue weighted by atomic mass is 9.40. The van der Waals surface area contributed by atoms with Crippen LogP contribution in [0.5, 0.6) is 0 Å². The van der Waals surface area contributed by atoms with Gasteiger partial charge in [-0.25, -0.2) is 0 Å². The van der Waals surface area contributed by atoms with Crippen LogP contribution >= 0.6 is 0 Å². The van der Waals surface area contributed by atoms with E-state index in [0.717, 1.165) is 32.1 Å². The molecule has 7 aliphatic rings. The van der Waals surface area contributed by atoms with E-state index >= 15 is 0 Å². The first-order valence-electron chi connectivity index (χ1n) is 15.0. The second-order valence-corrected chi connectivity index (χ2v) is 15.1. The van der Waals surface area contributed by atoms with E-state index in [-0.39, 0.29) is 47.0 Å². The van der Waals surface area contributed by atoms with Crippen molar-refractivity contribution in [3.63, 3.8) is 0 Å². The Hall–Kier alpha value is -1.48. The van der Waals surface area contributed by atoms with E-state index in [1.807, 2.05) is 0 Å². The second-order valence-electron chi connectivity index (χ2n) is 15.1. The number of benzene rings is 1. The van der Waals surface area contributed by atoms with Gasteiger partial charge in [0.25, 0.3) is 0 Å². The van der Waals surface area contributed by atoms with Gasteiger partial charge in [0.05, 0.1) is 17.3 Å². The maximum Gasteiger partial charge on any atom is 0.187 e. The van der Waals surface area contributed by atoms with Crippen LogP contribution < -0.4 is 0 Å². The molecule has 0 amide bonds. The SMILES string of the molecule is CC1(C)OC1[C@H]1O[C@H]2[C@H]3O[C@@]34[C@H](CC[C@@]3(C)[C@@]4(O)CC[C@H]4Cc5c([nH]c6ccccc56)[C@@]43C)O[C@@H]2C(C)(C)O1. The summed E-state index contributed by atoms with van der Waals surface area (Å²) in [4.78, 5) is 3.84. The first-order chi connectivity index (χ1) is 18.4. The number of ether oxygens (including phenoxy) is 5. The Labute approximate surface area is 229 Å². The molecule has 39 heavy (non-hydrogen) atoms. The van der Waals surface area contributed by atoms with Crippen molar-refractivity contribution in [2.45, 2.75) is 138 Å². The lowest BCUT2D eigenvalue weighted by molar-refractivity contribution is -0.356. The highest BCUT2D eigenvalue weighted by Crippen LogP contribution is 2.75. The average Bonchev–Trinajstić information content (AvgIpc) is 3.71. The maximum absolute atomic E-state index is 13.1. The molecule has 1 aromatic carbocycles. The number of aliphatic hydroxyl groups is 1. The number of hydrogen-bond donors (Lipinski definition) is 2. The van der Waals surface area contributed by atoms with Crippen LogP contribution in [-0.4, -0.2) is 69.3 Å². The molecule has 7 heteroatoms. The lowest BCUT2D eigenvalue weighted by Gasteiger charge is -2.66. The van der Waals surface area contributed by atoms with Crippen LogP contribution in [0.1, 0.15) is 78.5 Å². The molecule has 7 nitrogen and oxygen atoms in total. The summed E-state index contributed by atoms with van der Waals surface area (Å²) in [7, 11) is 0. The average molecular weight is 536 g/mol. The molecule has 210 valence electrons. The zero-order valence-corrected chi connectivity index (χ0v) is 23.9. The molecule has 0 bridgehead atoms. The summed E-state index contributed by atoms with van der Waals surface area (Å²) < 4.78 is 32.7. The van der Waals surface area contributed by atoms with Crippen molar-refractivity contribution in [1.82, 2.24) is 4.98 Å². The third kappa shape index (κ3) is 2.52. The fourth-order valence-electron chi connectivity index (χ4n) is 10.4. The van der Waals surface area contributed by atoms with Crippen molar-refractivity contribution >= 4 is 10.9 Å². The number of fused-ring (bicyclic) bond motifs is 9. The van der Waals surface area contributed by atoms with Crippen molar-refractivity contribution in [2.24, 2.45) is 11.3 Å². The third-order valence-electron chi connectivity index (χ3n) is 12.8. The predicted molar refractivity (Wildman–Crippen MR) is 143 cm³/mol. The van der Waals surface area contributed by atoms with E-state index in [1.165, 1.54) is 22.2 Å². The van der Waals surface area contributed by atoms with E-state index in [9.17, 15) is 5.11 Å². The summed E-state index contributed by atoms with van der Waals surface area (Å²) in [6.07, 6.45) is 2.96. The number of para-hydroxylation sites is 1. The smallest absolute Gasteiger partial charge is 0.187 e. The maximum atomic E-state index is 13.1. The Morgan fingerprint density at radius 3 is 2.36 bits per heavy atom. The van der Waals surface area contributed by atoms with Crippen molar-refractivity contribution in [3.05, 3.63) is 35.5 Å². The molecular weight excluding hydrogens is 494 g/mol. The van der Waals surface area contributed by atoms with Crippen LogP contribution in [0.4, 0.5) is 0 Å². The quantitative estimate of drug-likeness (QED) is 0.522. The van der Waals surface area contributed by atoms with Gasteiger partial charge in [0, 0.05) is 27.4 Å². The van der Waals surface area contributed by atoms with Crippen LogP contribution in [0, 0.1) is 11.3 Å². The fourth-order valence-corrected chi connectivity index (χ4v) is 10.4. The van der Waals surface area contributed by atoms with Crippen LogP contribution in [-0.2, 0) is 35.5 Å². The van der Waals surface area contributed by atoms with E-state index in [0.29, 0.717) is 5.92 Å². The monoisotopic (exact) mass is 535 g/mol. The molecule has 0 radical (unpaired) electrons. The molecular formula is C32H41NO6. The number of hydrogen-bond acceptors (Lipinski definition) is 6. The molecule has 2 aromatic rings. The molecule has 6 fully saturated rings. The Morgan fingerprint density at radius 2 is 1.59 bits per heavy atom. The molecule has 4 aliphatic heterocycles. The summed E-state index contributed by atoms with van der Waals surface area (Å²) in [5.74, 6) is 0.493. The minimum absolute atomic E-state index is 0.113. The van der Waals surface area contributed by atoms with E-state index < -0.39 is 23.1 Å². The van der Waals surface area contributed by atoms with Gasteiger partial charge in [0.1, 0.15) is 30.0 Å². The number of epoxide rings is 2. The summed E-state index contributed by atoms with van der Waals surface area (Å²) in [6.45, 7) is 13.1. The topological polar surface area (TPSA) is 88.8 Å². The number of aromatic amines is 1. The molecule has 2 saturated carbocycles. The normalized spacial score (nSPS) is 53.6. The Morgan fingerprint density at radius 1 is 0.846 bits per heavy atom. The molecule has 9 rings (SSSR count). The Kier molecular flexibility index (Phi) is 4.19. The number of aromatic nitrogens is 1. The standard InChI is InChI=1S/C32H41NO6/c1-27(2)23-21(36-26(39-27)25-28(3,4)37-25)24-32(38-24)20(35-23)12-13-29(5)30(6)16(11-14-31(29,32)34)15-18-17-9-7-8-10-19(17)33-22(18)30/h7-10,16,20-21,23-26,33-34H,11-15H2,1-6H3/t16-,20-,21+,23-,24+,25?,26-,29+,30+,31-,32-/m0/s1. The van der Waals surface area contributed by atoms with Gasteiger partial charge < -0.3 is 33.8 Å². The second kappa shape index (κ2) is 6.77. The van der Waals surface area contributed by atoms with Crippen LogP contribution in [0.15, 0.2) is 24.3 Å². The lowest BCUT2D eigenvalue weighted by Crippen LogP contribution is -2.77. The number of rotatable bonds is 1. The summed E-state index contributed by atoms with van der Waals surface area (Å²) >= 11 is 0. The van der Waals surface area contributed by atoms with Gasteiger partial charge >= 0.3 is 0 Å². The van der Waals surface area contributed by atoms with Crippen molar-refractivity contribution in [2.75, 3.05) is 0 Å². The highest BCUT2D eigenvalue weighted by Gasteiger charge is 2.87. The van der Waals surface area contributed by atoms with E-state index in [4.69, 9.17) is 23.7 Å². The molecule has 4 saturated heterocycles. The summed E-state index contributed by atoms with van der Waals surface area (Å²) in [5, 5.41) is 14.5. The summed E-state index contributed by atoms with van der Waals surface area (Å²) in [6, 6.07) is 8.67. The largest absolute Gasteiger partial charge is 0.386 e. The Balaban J connectivity index is 1.13. The summed E-state index contributed by atoms with van der Waals surface area (Å²) in [5.41, 5.74) is 0.803. The number of H-pyrrole nitrogens is 1. The van der Waals surface area contributed by atoms with E-state index in [1.54, 1.807) is 0 Å². The first-order valence-corrected chi connectivity index (χ1v) is 15.0. The third-order valence-corrected chi connectivity index (χ3v) is 12.8. The Bertz CT molecular complexity index is 1420. The number of nitrogens with one attached hydrogen (secondary N) is 1. The predicted octanol–water partition coefficient (Wildman–Crippen LogP) is 4.53. The van der Waals surface area contributed by atoms with Crippen molar-refractivity contribution in [1.29, 1.82) is 0 Å². The van der Waals surface area contributed by atoms with E-state index in [2.05, 4.69) is 70.8 Å². The molecule has 2 N–H and O–H groups in total. The van der Waals surface area contributed by atoms with Crippen molar-refractivity contribution < 1.29 is 28.8 Å². The molecule has 11 atom stereocenters. The van der Waals surface area contributed by atoms with Gasteiger partial charge in [-0.05, 0) is 77.3 Å². The highest BCUT2D eigenvalue weighted by atomic mass is 16.8. The highest BCUT2D eigenvalue weighted by molar-refractivity contribution is 5.86. The minimum Gasteiger partial charge on any atom is -0.386 e. The van der Waals surface area contributed by atoms with Gasteiger partial charge in [0.15, 0.2) is 11.9 Å².